The van der Waals surface area contributed by atoms with Gasteiger partial charge in [-0.2, -0.15) is 4.31 Å². The van der Waals surface area contributed by atoms with Crippen molar-refractivity contribution in [3.8, 4) is 0 Å². The van der Waals surface area contributed by atoms with Crippen LogP contribution in [0.5, 0.6) is 0 Å². The summed E-state index contributed by atoms with van der Waals surface area (Å²) in [6, 6.07) is 4.69. The summed E-state index contributed by atoms with van der Waals surface area (Å²) in [5.41, 5.74) is 6.76. The summed E-state index contributed by atoms with van der Waals surface area (Å²) in [5.74, 6) is -0.383. The van der Waals surface area contributed by atoms with Crippen LogP contribution in [0.2, 0.25) is 0 Å². The van der Waals surface area contributed by atoms with Gasteiger partial charge in [0.25, 0.3) is 0 Å². The predicted octanol–water partition coefficient (Wildman–Crippen LogP) is -0.0563. The molecule has 0 aromatic heterocycles. The fourth-order valence-electron chi connectivity index (χ4n) is 1.44. The van der Waals surface area contributed by atoms with Gasteiger partial charge >= 0.3 is 0 Å². The SMILES string of the molecule is CNC(=O)CN(C)S(=O)(=O)c1ccc(C)cc1N. The maximum Gasteiger partial charge on any atom is 0.245 e. The van der Waals surface area contributed by atoms with Crippen LogP contribution in [0.3, 0.4) is 0 Å². The highest BCUT2D eigenvalue weighted by atomic mass is 32.2. The zero-order valence-electron chi connectivity index (χ0n) is 10.6. The Morgan fingerprint density at radius 1 is 1.44 bits per heavy atom. The van der Waals surface area contributed by atoms with E-state index in [1.807, 2.05) is 6.92 Å². The van der Waals surface area contributed by atoms with Crippen molar-refractivity contribution in [3.05, 3.63) is 23.8 Å². The number of rotatable bonds is 4. The molecule has 0 saturated heterocycles. The molecular weight excluding hydrogens is 254 g/mol. The van der Waals surface area contributed by atoms with Crippen molar-refractivity contribution in [3.63, 3.8) is 0 Å². The monoisotopic (exact) mass is 271 g/mol. The normalized spacial score (nSPS) is 11.6. The van der Waals surface area contributed by atoms with E-state index < -0.39 is 10.0 Å². The van der Waals surface area contributed by atoms with E-state index in [1.54, 1.807) is 12.1 Å². The number of nitrogens with one attached hydrogen (secondary N) is 1. The molecule has 6 nitrogen and oxygen atoms in total. The van der Waals surface area contributed by atoms with Gasteiger partial charge in [-0.25, -0.2) is 8.42 Å². The number of carbonyl (C=O) groups excluding carboxylic acids is 1. The maximum absolute atomic E-state index is 12.2. The molecule has 1 aromatic carbocycles. The summed E-state index contributed by atoms with van der Waals surface area (Å²) in [7, 11) is -0.959. The second-order valence-electron chi connectivity index (χ2n) is 3.98. The largest absolute Gasteiger partial charge is 0.398 e. The standard InChI is InChI=1S/C11H17N3O3S/c1-8-4-5-10(9(12)6-8)18(16,17)14(3)7-11(15)13-2/h4-6H,7,12H2,1-3H3,(H,13,15). The van der Waals surface area contributed by atoms with E-state index in [-0.39, 0.29) is 23.0 Å². The van der Waals surface area contributed by atoms with E-state index in [0.717, 1.165) is 9.87 Å². The third-order valence-corrected chi connectivity index (χ3v) is 4.38. The highest BCUT2D eigenvalue weighted by molar-refractivity contribution is 7.89. The molecule has 0 saturated carbocycles. The fraction of sp³-hybridized carbons (Fsp3) is 0.364. The van der Waals surface area contributed by atoms with Crippen molar-refractivity contribution in [1.82, 2.24) is 9.62 Å². The van der Waals surface area contributed by atoms with Crippen LogP contribution in [0, 0.1) is 6.92 Å². The summed E-state index contributed by atoms with van der Waals surface area (Å²) in [6.07, 6.45) is 0. The van der Waals surface area contributed by atoms with Gasteiger partial charge in [0.2, 0.25) is 15.9 Å². The summed E-state index contributed by atoms with van der Waals surface area (Å²) < 4.78 is 25.3. The van der Waals surface area contributed by atoms with Crippen molar-refractivity contribution in [2.75, 3.05) is 26.4 Å². The molecule has 0 aliphatic heterocycles. The molecule has 0 atom stereocenters. The van der Waals surface area contributed by atoms with Crippen molar-refractivity contribution in [1.29, 1.82) is 0 Å². The molecule has 0 spiro atoms. The molecule has 1 amide bonds. The van der Waals surface area contributed by atoms with Crippen molar-refractivity contribution in [2.24, 2.45) is 0 Å². The molecule has 0 radical (unpaired) electrons. The van der Waals surface area contributed by atoms with E-state index in [4.69, 9.17) is 5.73 Å². The molecule has 100 valence electrons. The van der Waals surface area contributed by atoms with Crippen LogP contribution in [-0.2, 0) is 14.8 Å². The van der Waals surface area contributed by atoms with Crippen LogP contribution in [0.1, 0.15) is 5.56 Å². The van der Waals surface area contributed by atoms with Gasteiger partial charge in [-0.3, -0.25) is 4.79 Å². The van der Waals surface area contributed by atoms with E-state index >= 15 is 0 Å². The predicted molar refractivity (Wildman–Crippen MR) is 69.5 cm³/mol. The van der Waals surface area contributed by atoms with Gasteiger partial charge in [0, 0.05) is 14.1 Å². The van der Waals surface area contributed by atoms with Crippen LogP contribution in [0.4, 0.5) is 5.69 Å². The van der Waals surface area contributed by atoms with E-state index in [0.29, 0.717) is 0 Å². The van der Waals surface area contributed by atoms with E-state index in [9.17, 15) is 13.2 Å². The average molecular weight is 271 g/mol. The summed E-state index contributed by atoms with van der Waals surface area (Å²) in [6.45, 7) is 1.58. The van der Waals surface area contributed by atoms with Gasteiger partial charge in [0.15, 0.2) is 0 Å². The number of likely N-dealkylation sites (N-methyl/N-ethyl adjacent to an activating group) is 2. The molecule has 0 aliphatic rings. The van der Waals surface area contributed by atoms with Gasteiger partial charge in [-0.15, -0.1) is 0 Å². The number of hydrogen-bond acceptors (Lipinski definition) is 4. The number of hydrogen-bond donors (Lipinski definition) is 2. The lowest BCUT2D eigenvalue weighted by atomic mass is 10.2. The lowest BCUT2D eigenvalue weighted by molar-refractivity contribution is -0.120. The molecule has 0 heterocycles. The number of carbonyl (C=O) groups is 1. The van der Waals surface area contributed by atoms with Gasteiger partial charge < -0.3 is 11.1 Å². The quantitative estimate of drug-likeness (QED) is 0.751. The number of nitrogens with zero attached hydrogens (tertiary/aromatic N) is 1. The fourth-order valence-corrected chi connectivity index (χ4v) is 2.66. The topological polar surface area (TPSA) is 92.5 Å². The molecule has 1 aromatic rings. The Balaban J connectivity index is 3.09. The van der Waals surface area contributed by atoms with Gasteiger partial charge in [-0.1, -0.05) is 6.07 Å². The Kier molecular flexibility index (Phi) is 4.31. The van der Waals surface area contributed by atoms with Gasteiger partial charge in [-0.05, 0) is 24.6 Å². The smallest absolute Gasteiger partial charge is 0.245 e. The number of aryl methyl sites for hydroxylation is 1. The number of amides is 1. The highest BCUT2D eigenvalue weighted by Gasteiger charge is 2.24. The summed E-state index contributed by atoms with van der Waals surface area (Å²) in [5, 5.41) is 2.37. The van der Waals surface area contributed by atoms with Crippen LogP contribution >= 0.6 is 0 Å². The zero-order valence-corrected chi connectivity index (χ0v) is 11.4. The first kappa shape index (κ1) is 14.5. The number of sulfonamides is 1. The molecule has 1 rings (SSSR count). The van der Waals surface area contributed by atoms with Crippen molar-refractivity contribution in [2.45, 2.75) is 11.8 Å². The number of anilines is 1. The first-order chi connectivity index (χ1) is 8.28. The second-order valence-corrected chi connectivity index (χ2v) is 5.99. The third-order valence-electron chi connectivity index (χ3n) is 2.50. The Bertz CT molecular complexity index is 555. The maximum atomic E-state index is 12.2. The van der Waals surface area contributed by atoms with Gasteiger partial charge in [0.1, 0.15) is 4.90 Å². The Morgan fingerprint density at radius 2 is 2.06 bits per heavy atom. The minimum Gasteiger partial charge on any atom is -0.398 e. The minimum absolute atomic E-state index is 0.0134. The third kappa shape index (κ3) is 2.99. The molecular formula is C11H17N3O3S. The summed E-state index contributed by atoms with van der Waals surface area (Å²) >= 11 is 0. The molecule has 0 fully saturated rings. The molecule has 0 bridgehead atoms. The zero-order chi connectivity index (χ0) is 13.9. The first-order valence-electron chi connectivity index (χ1n) is 5.32. The summed E-state index contributed by atoms with van der Waals surface area (Å²) in [4.78, 5) is 11.2. The molecule has 0 aliphatic carbocycles. The first-order valence-corrected chi connectivity index (χ1v) is 6.76. The van der Waals surface area contributed by atoms with E-state index in [1.165, 1.54) is 20.2 Å². The number of nitrogens with two attached hydrogens (primary N) is 1. The molecule has 18 heavy (non-hydrogen) atoms. The Labute approximate surface area is 107 Å². The van der Waals surface area contributed by atoms with Crippen LogP contribution in [0.25, 0.3) is 0 Å². The van der Waals surface area contributed by atoms with E-state index in [2.05, 4.69) is 5.32 Å². The van der Waals surface area contributed by atoms with Crippen molar-refractivity contribution >= 4 is 21.6 Å². The van der Waals surface area contributed by atoms with Crippen LogP contribution in [-0.4, -0.2) is 39.3 Å². The van der Waals surface area contributed by atoms with Crippen LogP contribution < -0.4 is 11.1 Å². The van der Waals surface area contributed by atoms with Gasteiger partial charge in [0.05, 0.1) is 12.2 Å². The second kappa shape index (κ2) is 5.36. The molecule has 0 unspecified atom stereocenters. The van der Waals surface area contributed by atoms with Crippen LogP contribution in [0.15, 0.2) is 23.1 Å². The van der Waals surface area contributed by atoms with Crippen molar-refractivity contribution < 1.29 is 13.2 Å². The molecule has 7 heteroatoms. The Hall–Kier alpha value is -1.60. The lowest BCUT2D eigenvalue weighted by Gasteiger charge is -2.17. The number of benzene rings is 1. The molecule has 3 N–H and O–H groups in total. The highest BCUT2D eigenvalue weighted by Crippen LogP contribution is 2.22. The minimum atomic E-state index is -3.74. The Morgan fingerprint density at radius 3 is 2.56 bits per heavy atom. The lowest BCUT2D eigenvalue weighted by Crippen LogP contribution is -2.37. The number of nitrogen functional groups attached to an aromatic ring is 1. The average Bonchev–Trinajstić information content (AvgIpc) is 2.28.